The van der Waals surface area contributed by atoms with Crippen molar-refractivity contribution in [1.82, 2.24) is 18.7 Å². The van der Waals surface area contributed by atoms with Gasteiger partial charge in [0.25, 0.3) is 5.56 Å². The molecular weight excluding hydrogens is 252 g/mol. The highest BCUT2D eigenvalue weighted by molar-refractivity contribution is 5.76. The molecule has 0 radical (unpaired) electrons. The molecule has 1 unspecified atom stereocenters. The van der Waals surface area contributed by atoms with E-state index >= 15 is 0 Å². The molecule has 2 heterocycles. The summed E-state index contributed by atoms with van der Waals surface area (Å²) < 4.78 is 3.39. The van der Waals surface area contributed by atoms with Crippen molar-refractivity contribution >= 4 is 17.1 Å². The molecule has 0 aliphatic rings. The maximum absolute atomic E-state index is 12.0. The van der Waals surface area contributed by atoms with Gasteiger partial charge in [-0.3, -0.25) is 13.9 Å². The van der Waals surface area contributed by atoms with E-state index in [2.05, 4.69) is 4.98 Å². The number of aryl methyl sites for hydroxylation is 1. The third kappa shape index (κ3) is 1.94. The lowest BCUT2D eigenvalue weighted by atomic mass is 10.3. The second-order valence-corrected chi connectivity index (χ2v) is 4.04. The molecule has 0 saturated heterocycles. The van der Waals surface area contributed by atoms with Gasteiger partial charge < -0.3 is 9.67 Å². The molecule has 1 atom stereocenters. The molecule has 0 amide bonds. The molecule has 2 aromatic heterocycles. The molecule has 0 aliphatic heterocycles. The minimum absolute atomic E-state index is 0. The lowest BCUT2D eigenvalue weighted by Gasteiger charge is -2.09. The quantitative estimate of drug-likeness (QED) is 0.807. The number of aliphatic carboxylic acids is 1. The largest absolute Gasteiger partial charge is 0.480 e. The van der Waals surface area contributed by atoms with Crippen molar-refractivity contribution in [1.29, 1.82) is 0 Å². The fourth-order valence-electron chi connectivity index (χ4n) is 1.78. The molecule has 0 fully saturated rings. The fourth-order valence-corrected chi connectivity index (χ4v) is 1.78. The Morgan fingerprint density at radius 3 is 2.42 bits per heavy atom. The predicted octanol–water partition coefficient (Wildman–Crippen LogP) is -0.285. The summed E-state index contributed by atoms with van der Waals surface area (Å²) in [5.74, 6) is -1.08. The molecule has 19 heavy (non-hydrogen) atoms. The zero-order valence-electron chi connectivity index (χ0n) is 10.1. The van der Waals surface area contributed by atoms with E-state index in [9.17, 15) is 14.4 Å². The third-order valence-electron chi connectivity index (χ3n) is 2.95. The lowest BCUT2D eigenvalue weighted by molar-refractivity contribution is -0.140. The number of carboxylic acid groups (broad SMARTS) is 1. The number of aromatic nitrogens is 4. The number of hydrogen-bond donors (Lipinski definition) is 1. The van der Waals surface area contributed by atoms with Gasteiger partial charge in [-0.25, -0.2) is 14.6 Å². The maximum Gasteiger partial charge on any atom is 0.332 e. The van der Waals surface area contributed by atoms with Crippen LogP contribution in [0.3, 0.4) is 0 Å². The first-order valence-electron chi connectivity index (χ1n) is 5.21. The van der Waals surface area contributed by atoms with Crippen molar-refractivity contribution in [3.63, 3.8) is 0 Å². The Balaban J connectivity index is 0.00000180. The molecule has 0 aliphatic carbocycles. The number of carbonyl (C=O) groups is 1. The van der Waals surface area contributed by atoms with Crippen LogP contribution in [-0.4, -0.2) is 29.8 Å². The Hall–Kier alpha value is -2.38. The summed E-state index contributed by atoms with van der Waals surface area (Å²) >= 11 is 0. The van der Waals surface area contributed by atoms with E-state index in [0.717, 1.165) is 4.57 Å². The van der Waals surface area contributed by atoms with E-state index < -0.39 is 23.3 Å². The van der Waals surface area contributed by atoms with Crippen molar-refractivity contribution in [3.05, 3.63) is 27.2 Å². The summed E-state index contributed by atoms with van der Waals surface area (Å²) in [4.78, 5) is 38.6. The Bertz CT molecular complexity index is 752. The molecule has 2 rings (SSSR count). The second-order valence-electron chi connectivity index (χ2n) is 4.04. The molecule has 104 valence electrons. The van der Waals surface area contributed by atoms with Crippen LogP contribution in [0.4, 0.5) is 0 Å². The zero-order valence-corrected chi connectivity index (χ0v) is 10.1. The predicted molar refractivity (Wildman–Crippen MR) is 69.3 cm³/mol. The first-order valence-corrected chi connectivity index (χ1v) is 5.21. The number of carboxylic acids is 1. The van der Waals surface area contributed by atoms with E-state index in [0.29, 0.717) is 0 Å². The van der Waals surface area contributed by atoms with Crippen LogP contribution in [-0.2, 0) is 18.9 Å². The summed E-state index contributed by atoms with van der Waals surface area (Å²) in [6, 6.07) is -0.930. The summed E-state index contributed by atoms with van der Waals surface area (Å²) in [5, 5.41) is 8.97. The molecule has 8 nitrogen and oxygen atoms in total. The highest BCUT2D eigenvalue weighted by Gasteiger charge is 2.20. The minimum Gasteiger partial charge on any atom is -0.480 e. The molecular formula is C11H16N4O4. The van der Waals surface area contributed by atoms with Gasteiger partial charge in [0.1, 0.15) is 6.04 Å². The van der Waals surface area contributed by atoms with Crippen molar-refractivity contribution in [2.24, 2.45) is 14.1 Å². The topological polar surface area (TPSA) is 99.1 Å². The highest BCUT2D eigenvalue weighted by atomic mass is 16.4. The minimum atomic E-state index is -1.08. The Morgan fingerprint density at radius 2 is 1.89 bits per heavy atom. The molecule has 2 aromatic rings. The van der Waals surface area contributed by atoms with Crippen LogP contribution in [0.5, 0.6) is 0 Å². The number of fused-ring (bicyclic) bond motifs is 1. The number of nitrogens with zero attached hydrogens (tertiary/aromatic N) is 4. The van der Waals surface area contributed by atoms with E-state index in [1.165, 1.54) is 36.5 Å². The standard InChI is InChI=1S/C10H12N4O4.CH4/c1-5(9(16)17)14-4-11-7-6(14)8(15)13(3)10(18)12(7)2;/h4-5H,1-3H3,(H,16,17);1H4. The monoisotopic (exact) mass is 268 g/mol. The summed E-state index contributed by atoms with van der Waals surface area (Å²) in [7, 11) is 2.82. The third-order valence-corrected chi connectivity index (χ3v) is 2.95. The van der Waals surface area contributed by atoms with Crippen LogP contribution in [0.25, 0.3) is 11.2 Å². The van der Waals surface area contributed by atoms with Gasteiger partial charge in [-0.05, 0) is 6.92 Å². The van der Waals surface area contributed by atoms with Crippen LogP contribution >= 0.6 is 0 Å². The summed E-state index contributed by atoms with van der Waals surface area (Å²) in [6.45, 7) is 1.44. The Morgan fingerprint density at radius 1 is 1.32 bits per heavy atom. The van der Waals surface area contributed by atoms with Gasteiger partial charge in [-0.1, -0.05) is 7.43 Å². The van der Waals surface area contributed by atoms with Crippen molar-refractivity contribution < 1.29 is 9.90 Å². The van der Waals surface area contributed by atoms with Crippen molar-refractivity contribution in [2.75, 3.05) is 0 Å². The molecule has 8 heteroatoms. The van der Waals surface area contributed by atoms with Gasteiger partial charge in [0.15, 0.2) is 11.2 Å². The first kappa shape index (κ1) is 14.7. The van der Waals surface area contributed by atoms with Crippen LogP contribution in [0, 0.1) is 0 Å². The van der Waals surface area contributed by atoms with Gasteiger partial charge in [0.05, 0.1) is 6.33 Å². The summed E-state index contributed by atoms with van der Waals surface area (Å²) in [5.41, 5.74) is -0.773. The van der Waals surface area contributed by atoms with Crippen LogP contribution in [0.1, 0.15) is 20.4 Å². The van der Waals surface area contributed by atoms with Crippen LogP contribution < -0.4 is 11.2 Å². The Labute approximate surface area is 108 Å². The second kappa shape index (κ2) is 4.71. The van der Waals surface area contributed by atoms with E-state index in [1.807, 2.05) is 0 Å². The molecule has 0 bridgehead atoms. The maximum atomic E-state index is 12.0. The van der Waals surface area contributed by atoms with Gasteiger partial charge in [-0.2, -0.15) is 0 Å². The van der Waals surface area contributed by atoms with Gasteiger partial charge in [0, 0.05) is 14.1 Å². The van der Waals surface area contributed by atoms with Crippen LogP contribution in [0.2, 0.25) is 0 Å². The van der Waals surface area contributed by atoms with E-state index in [4.69, 9.17) is 5.11 Å². The van der Waals surface area contributed by atoms with E-state index in [-0.39, 0.29) is 18.6 Å². The van der Waals surface area contributed by atoms with Gasteiger partial charge >= 0.3 is 11.7 Å². The number of hydrogen-bond acceptors (Lipinski definition) is 4. The zero-order chi connectivity index (χ0) is 13.6. The average molecular weight is 268 g/mol. The molecule has 1 N–H and O–H groups in total. The number of rotatable bonds is 2. The fraction of sp³-hybridized carbons (Fsp3) is 0.455. The Kier molecular flexibility index (Phi) is 3.64. The van der Waals surface area contributed by atoms with Crippen molar-refractivity contribution in [2.45, 2.75) is 20.4 Å². The summed E-state index contributed by atoms with van der Waals surface area (Å²) in [6.07, 6.45) is 1.25. The average Bonchev–Trinajstić information content (AvgIpc) is 2.77. The lowest BCUT2D eigenvalue weighted by Crippen LogP contribution is -2.38. The SMILES string of the molecule is C.CC(C(=O)O)n1cnc2c1c(=O)n(C)c(=O)n2C. The first-order chi connectivity index (χ1) is 8.36. The van der Waals surface area contributed by atoms with E-state index in [1.54, 1.807) is 0 Å². The number of imidazole rings is 1. The van der Waals surface area contributed by atoms with Gasteiger partial charge in [-0.15, -0.1) is 0 Å². The smallest absolute Gasteiger partial charge is 0.332 e. The highest BCUT2D eigenvalue weighted by Crippen LogP contribution is 2.12. The van der Waals surface area contributed by atoms with Gasteiger partial charge in [0.2, 0.25) is 0 Å². The normalized spacial score (nSPS) is 12.2. The van der Waals surface area contributed by atoms with Crippen LogP contribution in [0.15, 0.2) is 15.9 Å². The molecule has 0 saturated carbocycles. The molecule has 0 aromatic carbocycles. The van der Waals surface area contributed by atoms with Crippen molar-refractivity contribution in [3.8, 4) is 0 Å². The molecule has 0 spiro atoms.